The summed E-state index contributed by atoms with van der Waals surface area (Å²) in [7, 11) is -5.92. The summed E-state index contributed by atoms with van der Waals surface area (Å²) in [6.07, 6.45) is 1.08. The van der Waals surface area contributed by atoms with E-state index in [4.69, 9.17) is 9.84 Å². The van der Waals surface area contributed by atoms with Gasteiger partial charge in [-0.3, -0.25) is 0 Å². The van der Waals surface area contributed by atoms with Gasteiger partial charge in [0, 0.05) is 25.4 Å². The van der Waals surface area contributed by atoms with Crippen LogP contribution in [0.15, 0.2) is 76.5 Å². The molecule has 0 aliphatic rings. The maximum atomic E-state index is 13.2. The predicted molar refractivity (Wildman–Crippen MR) is 123 cm³/mol. The molecule has 8 nitrogen and oxygen atoms in total. The van der Waals surface area contributed by atoms with Crippen molar-refractivity contribution in [3.63, 3.8) is 0 Å². The third kappa shape index (κ3) is 5.99. The zero-order chi connectivity index (χ0) is 25.1. The van der Waals surface area contributed by atoms with Gasteiger partial charge < -0.3 is 9.84 Å². The first-order valence-corrected chi connectivity index (χ1v) is 13.2. The van der Waals surface area contributed by atoms with Crippen molar-refractivity contribution in [3.8, 4) is 16.9 Å². The largest absolute Gasteiger partial charge is 0.481 e. The van der Waals surface area contributed by atoms with Crippen LogP contribution in [0.1, 0.15) is 5.56 Å². The molecule has 0 heterocycles. The highest BCUT2D eigenvalue weighted by molar-refractivity contribution is 7.90. The van der Waals surface area contributed by atoms with Crippen molar-refractivity contribution in [3.05, 3.63) is 78.1 Å². The molecule has 0 atom stereocenters. The molecule has 0 saturated heterocycles. The summed E-state index contributed by atoms with van der Waals surface area (Å²) in [6.45, 7) is -0.625. The lowest BCUT2D eigenvalue weighted by atomic mass is 10.0. The highest BCUT2D eigenvalue weighted by Crippen LogP contribution is 2.32. The van der Waals surface area contributed by atoms with Gasteiger partial charge in [0.05, 0.1) is 9.79 Å². The highest BCUT2D eigenvalue weighted by Gasteiger charge is 2.22. The molecule has 180 valence electrons. The molecular formula is C23H22FNO7S2. The number of carboxylic acid groups (broad SMARTS) is 1. The number of rotatable bonds is 9. The number of hydrogen-bond donors (Lipinski definition) is 1. The Balaban J connectivity index is 1.96. The van der Waals surface area contributed by atoms with E-state index in [-0.39, 0.29) is 22.1 Å². The smallest absolute Gasteiger partial charge is 0.341 e. The molecule has 0 spiro atoms. The minimum absolute atomic E-state index is 0.0344. The van der Waals surface area contributed by atoms with E-state index in [2.05, 4.69) is 0 Å². The third-order valence-electron chi connectivity index (χ3n) is 4.92. The van der Waals surface area contributed by atoms with Crippen molar-refractivity contribution in [2.24, 2.45) is 0 Å². The Kier molecular flexibility index (Phi) is 7.39. The highest BCUT2D eigenvalue weighted by atomic mass is 32.2. The zero-order valence-corrected chi connectivity index (χ0v) is 19.9. The zero-order valence-electron chi connectivity index (χ0n) is 18.3. The fourth-order valence-electron chi connectivity index (χ4n) is 3.18. The molecule has 0 aliphatic heterocycles. The van der Waals surface area contributed by atoms with Crippen LogP contribution in [-0.4, -0.2) is 52.1 Å². The second kappa shape index (κ2) is 9.92. The number of ether oxygens (including phenoxy) is 1. The number of aliphatic carboxylic acids is 1. The molecule has 0 unspecified atom stereocenters. The SMILES string of the molecule is CN(Cc1ccc(OCC(=O)O)c(-c2ccc(S(C)(=O)=O)cc2)c1)S(=O)(=O)c1ccc(F)cc1. The Bertz CT molecular complexity index is 1400. The molecule has 0 radical (unpaired) electrons. The van der Waals surface area contributed by atoms with Gasteiger partial charge >= 0.3 is 5.97 Å². The number of sulfone groups is 1. The summed E-state index contributed by atoms with van der Waals surface area (Å²) in [4.78, 5) is 11.0. The summed E-state index contributed by atoms with van der Waals surface area (Å²) >= 11 is 0. The van der Waals surface area contributed by atoms with Crippen LogP contribution in [0.25, 0.3) is 11.1 Å². The maximum absolute atomic E-state index is 13.2. The summed E-state index contributed by atoms with van der Waals surface area (Å²) < 4.78 is 68.8. The van der Waals surface area contributed by atoms with E-state index in [9.17, 15) is 26.0 Å². The Morgan fingerprint density at radius 3 is 2.09 bits per heavy atom. The summed E-state index contributed by atoms with van der Waals surface area (Å²) in [6, 6.07) is 15.2. The van der Waals surface area contributed by atoms with Crippen molar-refractivity contribution < 1.29 is 35.9 Å². The molecule has 1 N–H and O–H groups in total. The van der Waals surface area contributed by atoms with Crippen LogP contribution >= 0.6 is 0 Å². The van der Waals surface area contributed by atoms with Crippen LogP contribution in [0, 0.1) is 5.82 Å². The van der Waals surface area contributed by atoms with Crippen LogP contribution in [0.3, 0.4) is 0 Å². The average molecular weight is 508 g/mol. The predicted octanol–water partition coefficient (Wildman–Crippen LogP) is 3.18. The molecule has 0 aromatic heterocycles. The Morgan fingerprint density at radius 1 is 0.941 bits per heavy atom. The van der Waals surface area contributed by atoms with Gasteiger partial charge in [-0.1, -0.05) is 18.2 Å². The molecule has 3 aromatic rings. The average Bonchev–Trinajstić information content (AvgIpc) is 2.78. The summed E-state index contributed by atoms with van der Waals surface area (Å²) in [5.74, 6) is -1.49. The van der Waals surface area contributed by atoms with Crippen LogP contribution in [0.4, 0.5) is 4.39 Å². The van der Waals surface area contributed by atoms with E-state index in [1.165, 1.54) is 37.4 Å². The molecule has 0 aliphatic carbocycles. The lowest BCUT2D eigenvalue weighted by molar-refractivity contribution is -0.139. The van der Waals surface area contributed by atoms with Gasteiger partial charge in [-0.15, -0.1) is 0 Å². The fourth-order valence-corrected chi connectivity index (χ4v) is 4.97. The van der Waals surface area contributed by atoms with E-state index in [0.717, 1.165) is 22.7 Å². The molecule has 34 heavy (non-hydrogen) atoms. The Labute approximate surface area is 197 Å². The second-order valence-corrected chi connectivity index (χ2v) is 11.6. The van der Waals surface area contributed by atoms with Gasteiger partial charge in [0.2, 0.25) is 10.0 Å². The van der Waals surface area contributed by atoms with E-state index >= 15 is 0 Å². The number of carbonyl (C=O) groups is 1. The number of halogens is 1. The molecule has 0 bridgehead atoms. The van der Waals surface area contributed by atoms with Crippen molar-refractivity contribution in [1.29, 1.82) is 0 Å². The fraction of sp³-hybridized carbons (Fsp3) is 0.174. The monoisotopic (exact) mass is 507 g/mol. The number of hydrogen-bond acceptors (Lipinski definition) is 6. The molecule has 0 saturated carbocycles. The van der Waals surface area contributed by atoms with Gasteiger partial charge in [-0.2, -0.15) is 4.31 Å². The van der Waals surface area contributed by atoms with Gasteiger partial charge in [0.1, 0.15) is 11.6 Å². The standard InChI is InChI=1S/C23H22FNO7S2/c1-25(34(30,31)20-10-6-18(24)7-11-20)14-16-3-12-22(32-15-23(26)27)21(13-16)17-4-8-19(9-5-17)33(2,28)29/h3-13H,14-15H2,1-2H3,(H,26,27). The van der Waals surface area contributed by atoms with Gasteiger partial charge in [-0.05, 0) is 59.7 Å². The quantitative estimate of drug-likeness (QED) is 0.473. The van der Waals surface area contributed by atoms with Crippen molar-refractivity contribution in [1.82, 2.24) is 4.31 Å². The van der Waals surface area contributed by atoms with E-state index in [0.29, 0.717) is 16.7 Å². The first-order chi connectivity index (χ1) is 15.9. The first kappa shape index (κ1) is 25.3. The lowest BCUT2D eigenvalue weighted by Crippen LogP contribution is -2.26. The van der Waals surface area contributed by atoms with Crippen molar-refractivity contribution >= 4 is 25.8 Å². The van der Waals surface area contributed by atoms with E-state index < -0.39 is 38.3 Å². The van der Waals surface area contributed by atoms with Gasteiger partial charge in [0.15, 0.2) is 16.4 Å². The van der Waals surface area contributed by atoms with Crippen molar-refractivity contribution in [2.45, 2.75) is 16.3 Å². The molecule has 0 amide bonds. The lowest BCUT2D eigenvalue weighted by Gasteiger charge is -2.19. The molecular weight excluding hydrogens is 485 g/mol. The van der Waals surface area contributed by atoms with E-state index in [1.807, 2.05) is 0 Å². The molecule has 3 rings (SSSR count). The van der Waals surface area contributed by atoms with Crippen molar-refractivity contribution in [2.75, 3.05) is 19.9 Å². The normalized spacial score (nSPS) is 12.0. The Morgan fingerprint density at radius 2 is 1.53 bits per heavy atom. The molecule has 11 heteroatoms. The third-order valence-corrected chi connectivity index (χ3v) is 7.86. The first-order valence-electron chi connectivity index (χ1n) is 9.88. The number of benzene rings is 3. The van der Waals surface area contributed by atoms with Gasteiger partial charge in [-0.25, -0.2) is 26.0 Å². The minimum Gasteiger partial charge on any atom is -0.481 e. The van der Waals surface area contributed by atoms with Gasteiger partial charge in [0.25, 0.3) is 0 Å². The maximum Gasteiger partial charge on any atom is 0.341 e. The number of carboxylic acids is 1. The van der Waals surface area contributed by atoms with E-state index in [1.54, 1.807) is 24.3 Å². The Hall–Kier alpha value is -3.28. The molecule has 0 fully saturated rings. The van der Waals surface area contributed by atoms with Crippen LogP contribution in [0.5, 0.6) is 5.75 Å². The number of nitrogens with zero attached hydrogens (tertiary/aromatic N) is 1. The summed E-state index contributed by atoms with van der Waals surface area (Å²) in [5, 5.41) is 8.96. The second-order valence-electron chi connectivity index (χ2n) is 7.52. The minimum atomic E-state index is -3.89. The van der Waals surface area contributed by atoms with Crippen LogP contribution < -0.4 is 4.74 Å². The van der Waals surface area contributed by atoms with Crippen LogP contribution in [0.2, 0.25) is 0 Å². The molecule has 3 aromatic carbocycles. The summed E-state index contributed by atoms with van der Waals surface area (Å²) in [5.41, 5.74) is 1.59. The van der Waals surface area contributed by atoms with Crippen LogP contribution in [-0.2, 0) is 31.2 Å². The topological polar surface area (TPSA) is 118 Å². The number of sulfonamides is 1.